The minimum atomic E-state index is -0.145. The van der Waals surface area contributed by atoms with Crippen molar-refractivity contribution in [2.45, 2.75) is 33.1 Å². The number of unbranched alkanes of at least 4 members (excludes halogenated alkanes) is 2. The number of benzene rings is 1. The van der Waals surface area contributed by atoms with Crippen LogP contribution in [-0.2, 0) is 0 Å². The number of hydrogen-bond acceptors (Lipinski definition) is 4. The van der Waals surface area contributed by atoms with Crippen LogP contribution >= 0.6 is 0 Å². The fourth-order valence-corrected chi connectivity index (χ4v) is 2.32. The van der Waals surface area contributed by atoms with Crippen molar-refractivity contribution in [1.29, 1.82) is 0 Å². The molecule has 0 saturated heterocycles. The van der Waals surface area contributed by atoms with E-state index in [0.29, 0.717) is 18.2 Å². The molecule has 0 aliphatic heterocycles. The number of para-hydroxylation sites is 1. The maximum atomic E-state index is 12.2. The molecule has 0 unspecified atom stereocenters. The van der Waals surface area contributed by atoms with Gasteiger partial charge in [0.2, 0.25) is 5.95 Å². The highest BCUT2D eigenvalue weighted by Gasteiger charge is 2.13. The third kappa shape index (κ3) is 4.77. The molecule has 1 amide bonds. The Balaban J connectivity index is 2.10. The van der Waals surface area contributed by atoms with Crippen molar-refractivity contribution in [3.05, 3.63) is 48.3 Å². The van der Waals surface area contributed by atoms with E-state index in [1.54, 1.807) is 12.3 Å². The van der Waals surface area contributed by atoms with Gasteiger partial charge in [0, 0.05) is 25.0 Å². The lowest BCUT2D eigenvalue weighted by Crippen LogP contribution is -2.27. The highest BCUT2D eigenvalue weighted by Crippen LogP contribution is 2.20. The van der Waals surface area contributed by atoms with E-state index in [4.69, 9.17) is 0 Å². The van der Waals surface area contributed by atoms with E-state index in [2.05, 4.69) is 22.2 Å². The van der Waals surface area contributed by atoms with Crippen LogP contribution in [0.2, 0.25) is 0 Å². The van der Waals surface area contributed by atoms with E-state index < -0.39 is 0 Å². The average molecular weight is 312 g/mol. The molecule has 0 atom stereocenters. The molecule has 0 spiro atoms. The maximum absolute atomic E-state index is 12.2. The zero-order valence-electron chi connectivity index (χ0n) is 13.8. The first-order chi connectivity index (χ1) is 11.3. The van der Waals surface area contributed by atoms with Crippen LogP contribution in [0.3, 0.4) is 0 Å². The monoisotopic (exact) mass is 312 g/mol. The second kappa shape index (κ2) is 8.88. The van der Waals surface area contributed by atoms with Gasteiger partial charge >= 0.3 is 0 Å². The van der Waals surface area contributed by atoms with E-state index in [9.17, 15) is 4.79 Å². The number of rotatable bonds is 8. The highest BCUT2D eigenvalue weighted by atomic mass is 16.1. The van der Waals surface area contributed by atoms with Gasteiger partial charge in [-0.25, -0.2) is 9.97 Å². The van der Waals surface area contributed by atoms with Crippen LogP contribution in [-0.4, -0.2) is 29.0 Å². The Bertz CT molecular complexity index is 615. The molecule has 0 aliphatic rings. The molecule has 2 rings (SSSR count). The van der Waals surface area contributed by atoms with Gasteiger partial charge in [0.15, 0.2) is 0 Å². The molecule has 0 radical (unpaired) electrons. The fraction of sp³-hybridized carbons (Fsp3) is 0.389. The van der Waals surface area contributed by atoms with Crippen molar-refractivity contribution in [3.8, 4) is 0 Å². The Hall–Kier alpha value is -2.43. The van der Waals surface area contributed by atoms with Crippen molar-refractivity contribution >= 4 is 17.5 Å². The summed E-state index contributed by atoms with van der Waals surface area (Å²) < 4.78 is 0. The predicted molar refractivity (Wildman–Crippen MR) is 93.0 cm³/mol. The molecule has 23 heavy (non-hydrogen) atoms. The second-order valence-corrected chi connectivity index (χ2v) is 5.28. The van der Waals surface area contributed by atoms with Crippen LogP contribution in [0.5, 0.6) is 0 Å². The number of nitrogens with zero attached hydrogens (tertiary/aromatic N) is 3. The van der Waals surface area contributed by atoms with Crippen molar-refractivity contribution in [3.63, 3.8) is 0 Å². The van der Waals surface area contributed by atoms with Crippen molar-refractivity contribution < 1.29 is 4.79 Å². The van der Waals surface area contributed by atoms with Crippen LogP contribution in [0.4, 0.5) is 11.6 Å². The fourth-order valence-electron chi connectivity index (χ4n) is 2.32. The van der Waals surface area contributed by atoms with E-state index in [1.165, 1.54) is 0 Å². The summed E-state index contributed by atoms with van der Waals surface area (Å²) in [7, 11) is 0. The normalized spacial score (nSPS) is 10.3. The summed E-state index contributed by atoms with van der Waals surface area (Å²) in [6.45, 7) is 5.59. The molecule has 0 saturated carbocycles. The number of carbonyl (C=O) groups is 1. The minimum Gasteiger partial charge on any atom is -0.351 e. The molecule has 0 fully saturated rings. The van der Waals surface area contributed by atoms with Gasteiger partial charge in [0.05, 0.1) is 0 Å². The molecular formula is C18H24N4O. The molecule has 5 nitrogen and oxygen atoms in total. The van der Waals surface area contributed by atoms with Gasteiger partial charge in [-0.3, -0.25) is 4.79 Å². The highest BCUT2D eigenvalue weighted by molar-refractivity contribution is 5.92. The van der Waals surface area contributed by atoms with Crippen LogP contribution in [0, 0.1) is 0 Å². The largest absolute Gasteiger partial charge is 0.351 e. The Morgan fingerprint density at radius 2 is 1.91 bits per heavy atom. The molecule has 1 N–H and O–H groups in total. The Labute approximate surface area is 137 Å². The first-order valence-electron chi connectivity index (χ1n) is 8.20. The lowest BCUT2D eigenvalue weighted by Gasteiger charge is -2.21. The van der Waals surface area contributed by atoms with Crippen molar-refractivity contribution in [1.82, 2.24) is 15.3 Å². The zero-order valence-corrected chi connectivity index (χ0v) is 13.8. The minimum absolute atomic E-state index is 0.145. The standard InChI is InChI=1S/C18H24N4O/c1-3-5-9-13-19-17(23)16-12-14-20-18(21-16)22(4-2)15-10-7-6-8-11-15/h6-8,10-12,14H,3-5,9,13H2,1-2H3,(H,19,23). The van der Waals surface area contributed by atoms with Gasteiger partial charge in [-0.2, -0.15) is 0 Å². The first kappa shape index (κ1) is 16.9. The summed E-state index contributed by atoms with van der Waals surface area (Å²) in [5.74, 6) is 0.397. The maximum Gasteiger partial charge on any atom is 0.270 e. The molecular weight excluding hydrogens is 288 g/mol. The van der Waals surface area contributed by atoms with Crippen molar-refractivity contribution in [2.24, 2.45) is 0 Å². The molecule has 1 aromatic carbocycles. The summed E-state index contributed by atoms with van der Waals surface area (Å²) >= 11 is 0. The van der Waals surface area contributed by atoms with E-state index >= 15 is 0 Å². The smallest absolute Gasteiger partial charge is 0.270 e. The third-order valence-corrected chi connectivity index (χ3v) is 3.57. The Morgan fingerprint density at radius 3 is 2.61 bits per heavy atom. The number of anilines is 2. The third-order valence-electron chi connectivity index (χ3n) is 3.57. The molecule has 2 aromatic rings. The van der Waals surface area contributed by atoms with Gasteiger partial charge in [-0.05, 0) is 31.5 Å². The van der Waals surface area contributed by atoms with Gasteiger partial charge in [-0.15, -0.1) is 0 Å². The van der Waals surface area contributed by atoms with Crippen LogP contribution in [0.15, 0.2) is 42.6 Å². The number of aromatic nitrogens is 2. The molecule has 122 valence electrons. The summed E-state index contributed by atoms with van der Waals surface area (Å²) in [4.78, 5) is 22.9. The van der Waals surface area contributed by atoms with Gasteiger partial charge in [0.1, 0.15) is 5.69 Å². The SMILES string of the molecule is CCCCCNC(=O)c1ccnc(N(CC)c2ccccc2)n1. The quantitative estimate of drug-likeness (QED) is 0.757. The Kier molecular flexibility index (Phi) is 6.54. The van der Waals surface area contributed by atoms with Gasteiger partial charge < -0.3 is 10.2 Å². The van der Waals surface area contributed by atoms with Crippen molar-refractivity contribution in [2.75, 3.05) is 18.0 Å². The molecule has 5 heteroatoms. The molecule has 1 aromatic heterocycles. The van der Waals surface area contributed by atoms with E-state index in [0.717, 1.165) is 31.5 Å². The summed E-state index contributed by atoms with van der Waals surface area (Å²) in [6, 6.07) is 11.6. The van der Waals surface area contributed by atoms with E-state index in [-0.39, 0.29) is 5.91 Å². The van der Waals surface area contributed by atoms with E-state index in [1.807, 2.05) is 42.2 Å². The predicted octanol–water partition coefficient (Wildman–Crippen LogP) is 3.55. The lowest BCUT2D eigenvalue weighted by molar-refractivity contribution is 0.0948. The first-order valence-corrected chi connectivity index (χ1v) is 8.20. The summed E-state index contributed by atoms with van der Waals surface area (Å²) in [5, 5.41) is 2.91. The van der Waals surface area contributed by atoms with Crippen LogP contribution in [0.1, 0.15) is 43.6 Å². The second-order valence-electron chi connectivity index (χ2n) is 5.28. The van der Waals surface area contributed by atoms with Gasteiger partial charge in [0.25, 0.3) is 5.91 Å². The summed E-state index contributed by atoms with van der Waals surface area (Å²) in [6.07, 6.45) is 4.88. The number of nitrogens with one attached hydrogen (secondary N) is 1. The number of hydrogen-bond donors (Lipinski definition) is 1. The molecule has 0 bridgehead atoms. The average Bonchev–Trinajstić information content (AvgIpc) is 2.60. The molecule has 0 aliphatic carbocycles. The molecule has 1 heterocycles. The zero-order chi connectivity index (χ0) is 16.5. The van der Waals surface area contributed by atoms with Gasteiger partial charge in [-0.1, -0.05) is 38.0 Å². The number of carbonyl (C=O) groups excluding carboxylic acids is 1. The number of amides is 1. The Morgan fingerprint density at radius 1 is 1.13 bits per heavy atom. The van der Waals surface area contributed by atoms with Crippen LogP contribution < -0.4 is 10.2 Å². The lowest BCUT2D eigenvalue weighted by atomic mass is 10.2. The van der Waals surface area contributed by atoms with Crippen LogP contribution in [0.25, 0.3) is 0 Å². The summed E-state index contributed by atoms with van der Waals surface area (Å²) in [5.41, 5.74) is 1.41. The topological polar surface area (TPSA) is 58.1 Å².